The van der Waals surface area contributed by atoms with E-state index >= 15 is 0 Å². The van der Waals surface area contributed by atoms with E-state index in [-0.39, 0.29) is 10.8 Å². The Balaban J connectivity index is 2.11. The number of halogens is 1. The molecule has 1 saturated heterocycles. The number of hydrogen-bond donors (Lipinski definition) is 1. The lowest BCUT2D eigenvalue weighted by Crippen LogP contribution is -2.38. The van der Waals surface area contributed by atoms with Crippen molar-refractivity contribution < 1.29 is 4.39 Å². The highest BCUT2D eigenvalue weighted by molar-refractivity contribution is 7.80. The lowest BCUT2D eigenvalue weighted by Gasteiger charge is -2.35. The summed E-state index contributed by atoms with van der Waals surface area (Å²) in [5.74, 6) is -0.329. The molecule has 0 radical (unpaired) electrons. The number of benzene rings is 1. The third-order valence-electron chi connectivity index (χ3n) is 4.05. The molecule has 1 aromatic carbocycles. The van der Waals surface area contributed by atoms with E-state index in [9.17, 15) is 4.39 Å². The van der Waals surface area contributed by atoms with Crippen molar-refractivity contribution in [1.29, 1.82) is 0 Å². The van der Waals surface area contributed by atoms with Crippen LogP contribution >= 0.6 is 12.2 Å². The lowest BCUT2D eigenvalue weighted by atomic mass is 9.97. The summed E-state index contributed by atoms with van der Waals surface area (Å²) in [5, 5.41) is 0. The van der Waals surface area contributed by atoms with E-state index in [1.807, 2.05) is 6.07 Å². The van der Waals surface area contributed by atoms with Crippen molar-refractivity contribution in [2.45, 2.75) is 51.6 Å². The van der Waals surface area contributed by atoms with E-state index in [2.05, 4.69) is 11.8 Å². The first-order chi connectivity index (χ1) is 9.61. The molecular formula is C16H23FN2S. The molecule has 110 valence electrons. The van der Waals surface area contributed by atoms with Crippen LogP contribution in [0.4, 0.5) is 4.39 Å². The van der Waals surface area contributed by atoms with Gasteiger partial charge in [-0.2, -0.15) is 0 Å². The quantitative estimate of drug-likeness (QED) is 0.841. The Morgan fingerprint density at radius 3 is 2.95 bits per heavy atom. The maximum absolute atomic E-state index is 13.6. The number of piperidine rings is 1. The molecule has 0 bridgehead atoms. The van der Waals surface area contributed by atoms with Crippen LogP contribution in [0.3, 0.4) is 0 Å². The van der Waals surface area contributed by atoms with E-state index in [1.54, 1.807) is 6.07 Å². The molecule has 0 saturated carbocycles. The van der Waals surface area contributed by atoms with Crippen molar-refractivity contribution in [2.24, 2.45) is 5.73 Å². The van der Waals surface area contributed by atoms with Crippen LogP contribution in [0.2, 0.25) is 0 Å². The standard InChI is InChI=1S/C16H23FN2S/c1-2-5-13-6-3-4-9-19(13)11-12-7-8-15(17)14(10-12)16(18)20/h7-8,10,13H,2-6,9,11H2,1H3,(H2,18,20). The van der Waals surface area contributed by atoms with Gasteiger partial charge in [0.2, 0.25) is 0 Å². The van der Waals surface area contributed by atoms with Gasteiger partial charge in [-0.3, -0.25) is 4.90 Å². The fourth-order valence-electron chi connectivity index (χ4n) is 3.02. The van der Waals surface area contributed by atoms with Crippen molar-refractivity contribution in [2.75, 3.05) is 6.54 Å². The first kappa shape index (κ1) is 15.4. The summed E-state index contributed by atoms with van der Waals surface area (Å²) in [6, 6.07) is 5.78. The normalized spacial score (nSPS) is 20.0. The lowest BCUT2D eigenvalue weighted by molar-refractivity contribution is 0.131. The summed E-state index contributed by atoms with van der Waals surface area (Å²) < 4.78 is 13.6. The third kappa shape index (κ3) is 3.76. The number of nitrogens with zero attached hydrogens (tertiary/aromatic N) is 1. The summed E-state index contributed by atoms with van der Waals surface area (Å²) in [6.07, 6.45) is 6.30. The molecule has 1 aromatic rings. The topological polar surface area (TPSA) is 29.3 Å². The average molecular weight is 294 g/mol. The predicted octanol–water partition coefficient (Wildman–Crippen LogP) is 3.61. The Labute approximate surface area is 126 Å². The van der Waals surface area contributed by atoms with Gasteiger partial charge >= 0.3 is 0 Å². The maximum Gasteiger partial charge on any atom is 0.133 e. The molecule has 20 heavy (non-hydrogen) atoms. The van der Waals surface area contributed by atoms with Crippen molar-refractivity contribution in [1.82, 2.24) is 4.90 Å². The second-order valence-corrected chi connectivity index (χ2v) is 6.03. The van der Waals surface area contributed by atoms with Gasteiger partial charge in [-0.05, 0) is 43.5 Å². The molecule has 2 nitrogen and oxygen atoms in total. The number of likely N-dealkylation sites (tertiary alicyclic amines) is 1. The van der Waals surface area contributed by atoms with Crippen LogP contribution in [0, 0.1) is 5.82 Å². The van der Waals surface area contributed by atoms with Crippen molar-refractivity contribution in [3.63, 3.8) is 0 Å². The molecular weight excluding hydrogens is 271 g/mol. The highest BCUT2D eigenvalue weighted by Gasteiger charge is 2.21. The van der Waals surface area contributed by atoms with Crippen LogP contribution in [0.15, 0.2) is 18.2 Å². The molecule has 2 N–H and O–H groups in total. The van der Waals surface area contributed by atoms with Gasteiger partial charge in [0.15, 0.2) is 0 Å². The third-order valence-corrected chi connectivity index (χ3v) is 4.27. The summed E-state index contributed by atoms with van der Waals surface area (Å²) in [7, 11) is 0. The Morgan fingerprint density at radius 2 is 2.25 bits per heavy atom. The minimum absolute atomic E-state index is 0.133. The van der Waals surface area contributed by atoms with E-state index < -0.39 is 0 Å². The molecule has 0 aliphatic carbocycles. The summed E-state index contributed by atoms with van der Waals surface area (Å²) in [6.45, 7) is 4.22. The molecule has 1 heterocycles. The second kappa shape index (κ2) is 7.14. The molecule has 1 aliphatic heterocycles. The van der Waals surface area contributed by atoms with E-state index in [1.165, 1.54) is 38.2 Å². The van der Waals surface area contributed by atoms with E-state index in [0.717, 1.165) is 18.7 Å². The molecule has 4 heteroatoms. The van der Waals surface area contributed by atoms with Crippen LogP contribution in [-0.4, -0.2) is 22.5 Å². The SMILES string of the molecule is CCCC1CCCCN1Cc1ccc(F)c(C(N)=S)c1. The molecule has 0 amide bonds. The summed E-state index contributed by atoms with van der Waals surface area (Å²) in [5.41, 5.74) is 7.03. The summed E-state index contributed by atoms with van der Waals surface area (Å²) in [4.78, 5) is 2.65. The highest BCUT2D eigenvalue weighted by atomic mass is 32.1. The molecule has 1 fully saturated rings. The van der Waals surface area contributed by atoms with Crippen LogP contribution in [-0.2, 0) is 6.54 Å². The van der Waals surface area contributed by atoms with Gasteiger partial charge in [-0.25, -0.2) is 4.39 Å². The Bertz CT molecular complexity index is 474. The fourth-order valence-corrected chi connectivity index (χ4v) is 3.18. The largest absolute Gasteiger partial charge is 0.389 e. The van der Waals surface area contributed by atoms with Crippen LogP contribution in [0.25, 0.3) is 0 Å². The minimum Gasteiger partial charge on any atom is -0.389 e. The zero-order valence-corrected chi connectivity index (χ0v) is 12.9. The molecule has 0 aromatic heterocycles. The second-order valence-electron chi connectivity index (χ2n) is 5.59. The van der Waals surface area contributed by atoms with Crippen LogP contribution in [0.5, 0.6) is 0 Å². The zero-order chi connectivity index (χ0) is 14.5. The Kier molecular flexibility index (Phi) is 5.49. The average Bonchev–Trinajstić information content (AvgIpc) is 2.43. The molecule has 1 aliphatic rings. The number of thiocarbonyl (C=S) groups is 1. The van der Waals surface area contributed by atoms with Gasteiger partial charge in [-0.1, -0.05) is 38.0 Å². The smallest absolute Gasteiger partial charge is 0.133 e. The van der Waals surface area contributed by atoms with Gasteiger partial charge in [-0.15, -0.1) is 0 Å². The van der Waals surface area contributed by atoms with Gasteiger partial charge in [0.25, 0.3) is 0 Å². The molecule has 1 atom stereocenters. The van der Waals surface area contributed by atoms with Gasteiger partial charge in [0.1, 0.15) is 10.8 Å². The number of rotatable bonds is 5. The number of hydrogen-bond acceptors (Lipinski definition) is 2. The Morgan fingerprint density at radius 1 is 1.45 bits per heavy atom. The molecule has 1 unspecified atom stereocenters. The molecule has 0 spiro atoms. The van der Waals surface area contributed by atoms with Crippen molar-refractivity contribution in [3.8, 4) is 0 Å². The summed E-state index contributed by atoms with van der Waals surface area (Å²) >= 11 is 4.90. The minimum atomic E-state index is -0.329. The highest BCUT2D eigenvalue weighted by Crippen LogP contribution is 2.23. The van der Waals surface area contributed by atoms with Crippen LogP contribution < -0.4 is 5.73 Å². The van der Waals surface area contributed by atoms with Gasteiger partial charge in [0.05, 0.1) is 0 Å². The maximum atomic E-state index is 13.6. The zero-order valence-electron chi connectivity index (χ0n) is 12.1. The first-order valence-corrected chi connectivity index (χ1v) is 7.85. The fraction of sp³-hybridized carbons (Fsp3) is 0.562. The van der Waals surface area contributed by atoms with Crippen molar-refractivity contribution >= 4 is 17.2 Å². The first-order valence-electron chi connectivity index (χ1n) is 7.44. The Hall–Kier alpha value is -1.00. The van der Waals surface area contributed by atoms with Crippen LogP contribution in [0.1, 0.15) is 50.2 Å². The number of nitrogens with two attached hydrogens (primary N) is 1. The molecule has 2 rings (SSSR count). The predicted molar refractivity (Wildman–Crippen MR) is 85.2 cm³/mol. The van der Waals surface area contributed by atoms with E-state index in [0.29, 0.717) is 11.6 Å². The monoisotopic (exact) mass is 294 g/mol. The van der Waals surface area contributed by atoms with Gasteiger partial charge in [0, 0.05) is 18.2 Å². The van der Waals surface area contributed by atoms with E-state index in [4.69, 9.17) is 18.0 Å². The van der Waals surface area contributed by atoms with Crippen molar-refractivity contribution in [3.05, 3.63) is 35.1 Å². The van der Waals surface area contributed by atoms with Gasteiger partial charge < -0.3 is 5.73 Å².